The SMILES string of the molecule is CCn1ncc(Cl)c1C(NN)C1CCCCC1(C)C. The molecule has 1 saturated carbocycles. The topological polar surface area (TPSA) is 55.9 Å². The van der Waals surface area contributed by atoms with Gasteiger partial charge in [0.1, 0.15) is 0 Å². The van der Waals surface area contributed by atoms with Crippen LogP contribution in [0.4, 0.5) is 0 Å². The van der Waals surface area contributed by atoms with Gasteiger partial charge in [-0.15, -0.1) is 0 Å². The predicted octanol–water partition coefficient (Wildman–Crippen LogP) is 3.28. The lowest BCUT2D eigenvalue weighted by Crippen LogP contribution is -2.42. The molecule has 2 atom stereocenters. The number of nitrogens with zero attached hydrogens (tertiary/aromatic N) is 2. The lowest BCUT2D eigenvalue weighted by atomic mass is 9.65. The van der Waals surface area contributed by atoms with Crippen molar-refractivity contribution in [1.29, 1.82) is 0 Å². The molecule has 19 heavy (non-hydrogen) atoms. The van der Waals surface area contributed by atoms with Crippen LogP contribution < -0.4 is 11.3 Å². The minimum atomic E-state index is 0.0743. The fourth-order valence-electron chi connectivity index (χ4n) is 3.46. The molecule has 1 aromatic heterocycles. The van der Waals surface area contributed by atoms with E-state index in [9.17, 15) is 0 Å². The first-order valence-electron chi connectivity index (χ1n) is 7.18. The second-order valence-corrected chi connectivity index (χ2v) is 6.59. The molecule has 3 N–H and O–H groups in total. The Morgan fingerprint density at radius 1 is 1.58 bits per heavy atom. The summed E-state index contributed by atoms with van der Waals surface area (Å²) in [6.07, 6.45) is 6.73. The minimum absolute atomic E-state index is 0.0743. The van der Waals surface area contributed by atoms with E-state index < -0.39 is 0 Å². The zero-order valence-electron chi connectivity index (χ0n) is 12.1. The highest BCUT2D eigenvalue weighted by Gasteiger charge is 2.39. The average Bonchev–Trinajstić information content (AvgIpc) is 2.74. The van der Waals surface area contributed by atoms with Crippen molar-refractivity contribution in [2.45, 2.75) is 59.0 Å². The molecule has 0 aromatic carbocycles. The van der Waals surface area contributed by atoms with E-state index in [1.165, 1.54) is 25.7 Å². The van der Waals surface area contributed by atoms with E-state index in [1.54, 1.807) is 6.20 Å². The number of nitrogens with one attached hydrogen (secondary N) is 1. The smallest absolute Gasteiger partial charge is 0.0834 e. The predicted molar refractivity (Wildman–Crippen MR) is 78.7 cm³/mol. The molecule has 1 aromatic rings. The van der Waals surface area contributed by atoms with E-state index in [-0.39, 0.29) is 11.5 Å². The number of aromatic nitrogens is 2. The van der Waals surface area contributed by atoms with E-state index in [2.05, 4.69) is 31.3 Å². The van der Waals surface area contributed by atoms with Crippen LogP contribution in [0.25, 0.3) is 0 Å². The third kappa shape index (κ3) is 2.81. The summed E-state index contributed by atoms with van der Waals surface area (Å²) in [6.45, 7) is 7.56. The number of hydrogen-bond acceptors (Lipinski definition) is 3. The van der Waals surface area contributed by atoms with Crippen molar-refractivity contribution >= 4 is 11.6 Å². The molecule has 0 saturated heterocycles. The molecule has 0 aliphatic heterocycles. The van der Waals surface area contributed by atoms with Crippen LogP contribution in [-0.2, 0) is 6.54 Å². The van der Waals surface area contributed by atoms with Crippen molar-refractivity contribution in [2.75, 3.05) is 0 Å². The van der Waals surface area contributed by atoms with E-state index in [4.69, 9.17) is 17.4 Å². The van der Waals surface area contributed by atoms with Crippen LogP contribution in [0.2, 0.25) is 5.02 Å². The molecule has 2 unspecified atom stereocenters. The van der Waals surface area contributed by atoms with Crippen LogP contribution >= 0.6 is 11.6 Å². The number of hydrogen-bond donors (Lipinski definition) is 2. The first kappa shape index (κ1) is 14.8. The zero-order valence-corrected chi connectivity index (χ0v) is 12.9. The van der Waals surface area contributed by atoms with Gasteiger partial charge in [0, 0.05) is 6.54 Å². The van der Waals surface area contributed by atoms with Gasteiger partial charge in [-0.3, -0.25) is 16.0 Å². The number of aryl methyl sites for hydroxylation is 1. The standard InChI is InChI=1S/C14H25ClN4/c1-4-19-13(11(15)9-17-19)12(18-16)10-7-5-6-8-14(10,2)3/h9-10,12,18H,4-8,16H2,1-3H3. The van der Waals surface area contributed by atoms with Crippen molar-refractivity contribution < 1.29 is 0 Å². The first-order valence-corrected chi connectivity index (χ1v) is 7.56. The van der Waals surface area contributed by atoms with E-state index >= 15 is 0 Å². The monoisotopic (exact) mass is 284 g/mol. The number of hydrazine groups is 1. The fourth-order valence-corrected chi connectivity index (χ4v) is 3.72. The summed E-state index contributed by atoms with van der Waals surface area (Å²) < 4.78 is 1.96. The molecule has 0 amide bonds. The van der Waals surface area contributed by atoms with E-state index in [0.717, 1.165) is 12.2 Å². The molecule has 1 heterocycles. The molecule has 2 rings (SSSR count). The molecule has 108 valence electrons. The van der Waals surface area contributed by atoms with Gasteiger partial charge in [-0.25, -0.2) is 0 Å². The number of halogens is 1. The first-order chi connectivity index (χ1) is 9.01. The van der Waals surface area contributed by atoms with Crippen LogP contribution in [0.15, 0.2) is 6.20 Å². The van der Waals surface area contributed by atoms with Crippen molar-refractivity contribution in [3.8, 4) is 0 Å². The van der Waals surface area contributed by atoms with Crippen LogP contribution in [0.1, 0.15) is 58.2 Å². The Morgan fingerprint density at radius 2 is 2.32 bits per heavy atom. The Balaban J connectivity index is 2.35. The molecule has 4 nitrogen and oxygen atoms in total. The Hall–Kier alpha value is -0.580. The normalized spacial score (nSPS) is 24.4. The van der Waals surface area contributed by atoms with Crippen molar-refractivity contribution in [2.24, 2.45) is 17.2 Å². The van der Waals surface area contributed by atoms with Crippen LogP contribution in [0.3, 0.4) is 0 Å². The van der Waals surface area contributed by atoms with Crippen LogP contribution in [0.5, 0.6) is 0 Å². The van der Waals surface area contributed by atoms with Gasteiger partial charge in [-0.05, 0) is 31.1 Å². The lowest BCUT2D eigenvalue weighted by Gasteiger charge is -2.43. The van der Waals surface area contributed by atoms with E-state index in [1.807, 2.05) is 4.68 Å². The highest BCUT2D eigenvalue weighted by atomic mass is 35.5. The highest BCUT2D eigenvalue weighted by molar-refractivity contribution is 6.31. The largest absolute Gasteiger partial charge is 0.271 e. The zero-order chi connectivity index (χ0) is 14.0. The van der Waals surface area contributed by atoms with Crippen molar-refractivity contribution in [3.05, 3.63) is 16.9 Å². The number of rotatable bonds is 4. The summed E-state index contributed by atoms with van der Waals surface area (Å²) in [7, 11) is 0. The van der Waals surface area contributed by atoms with Crippen LogP contribution in [0, 0.1) is 11.3 Å². The Bertz CT molecular complexity index is 427. The van der Waals surface area contributed by atoms with Gasteiger partial charge in [0.2, 0.25) is 0 Å². The van der Waals surface area contributed by atoms with E-state index in [0.29, 0.717) is 10.9 Å². The second-order valence-electron chi connectivity index (χ2n) is 6.18. The minimum Gasteiger partial charge on any atom is -0.271 e. The van der Waals surface area contributed by atoms with Crippen molar-refractivity contribution in [3.63, 3.8) is 0 Å². The third-order valence-electron chi connectivity index (χ3n) is 4.60. The van der Waals surface area contributed by atoms with Crippen molar-refractivity contribution in [1.82, 2.24) is 15.2 Å². The Labute approximate surface area is 120 Å². The molecule has 5 heteroatoms. The second kappa shape index (κ2) is 5.81. The molecule has 1 aliphatic carbocycles. The Kier molecular flexibility index (Phi) is 4.54. The fraction of sp³-hybridized carbons (Fsp3) is 0.786. The molecule has 1 aliphatic rings. The molecule has 0 radical (unpaired) electrons. The third-order valence-corrected chi connectivity index (χ3v) is 4.89. The summed E-state index contributed by atoms with van der Waals surface area (Å²) >= 11 is 6.33. The maximum Gasteiger partial charge on any atom is 0.0834 e. The summed E-state index contributed by atoms with van der Waals surface area (Å²) in [5.74, 6) is 6.35. The molecule has 0 bridgehead atoms. The number of nitrogens with two attached hydrogens (primary N) is 1. The van der Waals surface area contributed by atoms with Gasteiger partial charge < -0.3 is 0 Å². The van der Waals surface area contributed by atoms with Gasteiger partial charge in [-0.2, -0.15) is 5.10 Å². The summed E-state index contributed by atoms with van der Waals surface area (Å²) in [4.78, 5) is 0. The quantitative estimate of drug-likeness (QED) is 0.659. The molecule has 0 spiro atoms. The molecular weight excluding hydrogens is 260 g/mol. The molecular formula is C14H25ClN4. The summed E-state index contributed by atoms with van der Waals surface area (Å²) in [5, 5.41) is 5.05. The highest BCUT2D eigenvalue weighted by Crippen LogP contribution is 2.47. The molecule has 1 fully saturated rings. The van der Waals surface area contributed by atoms with Gasteiger partial charge >= 0.3 is 0 Å². The summed E-state index contributed by atoms with van der Waals surface area (Å²) in [5.41, 5.74) is 4.31. The maximum atomic E-state index is 6.33. The summed E-state index contributed by atoms with van der Waals surface area (Å²) in [6, 6.07) is 0.0743. The van der Waals surface area contributed by atoms with Gasteiger partial charge in [0.05, 0.1) is 23.0 Å². The van der Waals surface area contributed by atoms with Gasteiger partial charge in [0.25, 0.3) is 0 Å². The lowest BCUT2D eigenvalue weighted by molar-refractivity contribution is 0.0948. The maximum absolute atomic E-state index is 6.33. The van der Waals surface area contributed by atoms with Gasteiger partial charge in [-0.1, -0.05) is 38.3 Å². The Morgan fingerprint density at radius 3 is 2.89 bits per heavy atom. The van der Waals surface area contributed by atoms with Gasteiger partial charge in [0.15, 0.2) is 0 Å². The average molecular weight is 285 g/mol. The van der Waals surface area contributed by atoms with Crippen LogP contribution in [-0.4, -0.2) is 9.78 Å².